The summed E-state index contributed by atoms with van der Waals surface area (Å²) in [6.07, 6.45) is 1.45. The second-order valence-electron chi connectivity index (χ2n) is 4.86. The highest BCUT2D eigenvalue weighted by atomic mass is 16.6. The predicted molar refractivity (Wildman–Crippen MR) is 81.6 cm³/mol. The van der Waals surface area contributed by atoms with E-state index in [2.05, 4.69) is 10.5 Å². The van der Waals surface area contributed by atoms with E-state index in [1.807, 2.05) is 13.8 Å². The van der Waals surface area contributed by atoms with Crippen molar-refractivity contribution in [1.29, 1.82) is 0 Å². The molecule has 1 aromatic carbocycles. The van der Waals surface area contributed by atoms with E-state index in [1.165, 1.54) is 12.1 Å². The molecule has 0 radical (unpaired) electrons. The molecule has 0 bridgehead atoms. The number of benzene rings is 1. The van der Waals surface area contributed by atoms with Crippen LogP contribution in [-0.4, -0.2) is 15.2 Å². The molecular weight excluding hydrogens is 286 g/mol. The number of hydrogen-bond donors (Lipinski definition) is 2. The maximum Gasteiger partial charge on any atom is 0.292 e. The van der Waals surface area contributed by atoms with Crippen LogP contribution in [0.2, 0.25) is 0 Å². The number of nitrogens with one attached hydrogen (secondary N) is 1. The zero-order valence-corrected chi connectivity index (χ0v) is 12.6. The Labute approximate surface area is 128 Å². The molecule has 7 heteroatoms. The van der Waals surface area contributed by atoms with Crippen LogP contribution >= 0.6 is 0 Å². The lowest BCUT2D eigenvalue weighted by atomic mass is 10.1. The summed E-state index contributed by atoms with van der Waals surface area (Å²) >= 11 is 0. The van der Waals surface area contributed by atoms with Crippen LogP contribution < -0.4 is 5.32 Å². The quantitative estimate of drug-likeness (QED) is 0.602. The first-order valence-corrected chi connectivity index (χ1v) is 7.19. The molecule has 7 nitrogen and oxygen atoms in total. The van der Waals surface area contributed by atoms with E-state index >= 15 is 0 Å². The smallest absolute Gasteiger partial charge is 0.292 e. The number of aryl methyl sites for hydroxylation is 2. The predicted octanol–water partition coefficient (Wildman–Crippen LogP) is 2.81. The van der Waals surface area contributed by atoms with Gasteiger partial charge >= 0.3 is 0 Å². The Bertz CT molecular complexity index is 645. The van der Waals surface area contributed by atoms with Gasteiger partial charge < -0.3 is 14.9 Å². The monoisotopic (exact) mass is 305 g/mol. The summed E-state index contributed by atoms with van der Waals surface area (Å²) in [4.78, 5) is 10.7. The number of anilines is 1. The maximum atomic E-state index is 11.1. The van der Waals surface area contributed by atoms with Crippen molar-refractivity contribution in [2.24, 2.45) is 0 Å². The molecule has 2 aromatic rings. The fourth-order valence-electron chi connectivity index (χ4n) is 2.30. The maximum absolute atomic E-state index is 11.1. The Hall–Kier alpha value is -2.41. The summed E-state index contributed by atoms with van der Waals surface area (Å²) in [5.74, 6) is 0.783. The standard InChI is InChI=1S/C15H19N3O4/c1-3-12-11(15(4-2)22-17-12)8-16-13-7-10(9-19)5-6-14(13)18(20)21/h5-7,16,19H,3-4,8-9H2,1-2H3. The molecule has 0 saturated heterocycles. The van der Waals surface area contributed by atoms with Gasteiger partial charge in [-0.1, -0.05) is 19.0 Å². The molecule has 0 aliphatic rings. The molecule has 2 rings (SSSR count). The van der Waals surface area contributed by atoms with E-state index in [4.69, 9.17) is 4.52 Å². The van der Waals surface area contributed by atoms with Crippen molar-refractivity contribution >= 4 is 11.4 Å². The first kappa shape index (κ1) is 16.0. The summed E-state index contributed by atoms with van der Waals surface area (Å²) < 4.78 is 5.28. The van der Waals surface area contributed by atoms with Crippen molar-refractivity contribution < 1.29 is 14.6 Å². The van der Waals surface area contributed by atoms with Gasteiger partial charge in [-0.3, -0.25) is 10.1 Å². The fourth-order valence-corrected chi connectivity index (χ4v) is 2.30. The number of aromatic nitrogens is 1. The first-order chi connectivity index (χ1) is 10.6. The van der Waals surface area contributed by atoms with Crippen LogP contribution in [-0.2, 0) is 26.0 Å². The zero-order chi connectivity index (χ0) is 16.1. The van der Waals surface area contributed by atoms with Gasteiger partial charge in [0.05, 0.1) is 17.2 Å². The normalized spacial score (nSPS) is 10.7. The summed E-state index contributed by atoms with van der Waals surface area (Å²) in [6.45, 7) is 4.18. The highest BCUT2D eigenvalue weighted by Gasteiger charge is 2.17. The summed E-state index contributed by atoms with van der Waals surface area (Å²) in [6, 6.07) is 4.52. The number of aliphatic hydroxyl groups excluding tert-OH is 1. The summed E-state index contributed by atoms with van der Waals surface area (Å²) in [5.41, 5.74) is 2.76. The molecule has 0 aliphatic heterocycles. The molecule has 1 aromatic heterocycles. The molecule has 118 valence electrons. The SMILES string of the molecule is CCc1noc(CC)c1CNc1cc(CO)ccc1[N+](=O)[O-]. The topological polar surface area (TPSA) is 101 Å². The van der Waals surface area contributed by atoms with Gasteiger partial charge in [0.1, 0.15) is 11.4 Å². The van der Waals surface area contributed by atoms with E-state index in [-0.39, 0.29) is 12.3 Å². The van der Waals surface area contributed by atoms with Crippen LogP contribution in [0.15, 0.2) is 22.7 Å². The number of nitrogens with zero attached hydrogens (tertiary/aromatic N) is 2. The van der Waals surface area contributed by atoms with Gasteiger partial charge in [-0.15, -0.1) is 0 Å². The lowest BCUT2D eigenvalue weighted by molar-refractivity contribution is -0.384. The molecule has 0 unspecified atom stereocenters. The van der Waals surface area contributed by atoms with Crippen LogP contribution in [0.5, 0.6) is 0 Å². The van der Waals surface area contributed by atoms with Crippen LogP contribution in [0.1, 0.15) is 36.4 Å². The number of hydrogen-bond acceptors (Lipinski definition) is 6. The van der Waals surface area contributed by atoms with Crippen LogP contribution in [0.4, 0.5) is 11.4 Å². The highest BCUT2D eigenvalue weighted by Crippen LogP contribution is 2.27. The Morgan fingerprint density at radius 3 is 2.73 bits per heavy atom. The third-order valence-corrected chi connectivity index (χ3v) is 3.50. The third-order valence-electron chi connectivity index (χ3n) is 3.50. The molecule has 0 amide bonds. The molecular formula is C15H19N3O4. The summed E-state index contributed by atoms with van der Waals surface area (Å²) in [5, 5.41) is 27.4. The van der Waals surface area contributed by atoms with Crippen molar-refractivity contribution in [1.82, 2.24) is 5.16 Å². The number of nitro benzene ring substituents is 1. The van der Waals surface area contributed by atoms with Gasteiger partial charge in [0.15, 0.2) is 0 Å². The van der Waals surface area contributed by atoms with Crippen molar-refractivity contribution in [3.63, 3.8) is 0 Å². The molecule has 0 fully saturated rings. The minimum absolute atomic E-state index is 0.0234. The van der Waals surface area contributed by atoms with Gasteiger partial charge in [0, 0.05) is 24.6 Å². The summed E-state index contributed by atoms with van der Waals surface area (Å²) in [7, 11) is 0. The van der Waals surface area contributed by atoms with Crippen molar-refractivity contribution in [2.45, 2.75) is 39.8 Å². The van der Waals surface area contributed by atoms with E-state index in [0.717, 1.165) is 23.4 Å². The first-order valence-electron chi connectivity index (χ1n) is 7.19. The minimum atomic E-state index is -0.446. The van der Waals surface area contributed by atoms with Gasteiger partial charge in [-0.05, 0) is 24.1 Å². The Balaban J connectivity index is 2.27. The minimum Gasteiger partial charge on any atom is -0.392 e. The lowest BCUT2D eigenvalue weighted by Crippen LogP contribution is -2.06. The Morgan fingerprint density at radius 2 is 2.14 bits per heavy atom. The Kier molecular flexibility index (Phi) is 5.11. The molecule has 0 saturated carbocycles. The van der Waals surface area contributed by atoms with E-state index in [1.54, 1.807) is 6.07 Å². The number of aliphatic hydroxyl groups is 1. The Morgan fingerprint density at radius 1 is 1.36 bits per heavy atom. The van der Waals surface area contributed by atoms with Gasteiger partial charge in [-0.2, -0.15) is 0 Å². The second kappa shape index (κ2) is 7.04. The zero-order valence-electron chi connectivity index (χ0n) is 12.6. The third kappa shape index (κ3) is 3.25. The van der Waals surface area contributed by atoms with Crippen molar-refractivity contribution in [3.05, 3.63) is 50.9 Å². The molecule has 0 aliphatic carbocycles. The number of nitro groups is 1. The number of rotatable bonds is 7. The van der Waals surface area contributed by atoms with Crippen LogP contribution in [0.25, 0.3) is 0 Å². The second-order valence-corrected chi connectivity index (χ2v) is 4.86. The van der Waals surface area contributed by atoms with Gasteiger partial charge in [0.25, 0.3) is 5.69 Å². The van der Waals surface area contributed by atoms with Crippen molar-refractivity contribution in [3.8, 4) is 0 Å². The average molecular weight is 305 g/mol. The van der Waals surface area contributed by atoms with E-state index in [0.29, 0.717) is 24.2 Å². The molecule has 1 heterocycles. The fraction of sp³-hybridized carbons (Fsp3) is 0.400. The molecule has 0 atom stereocenters. The highest BCUT2D eigenvalue weighted by molar-refractivity contribution is 5.63. The van der Waals surface area contributed by atoms with E-state index < -0.39 is 4.92 Å². The van der Waals surface area contributed by atoms with Crippen LogP contribution in [0.3, 0.4) is 0 Å². The molecule has 22 heavy (non-hydrogen) atoms. The van der Waals surface area contributed by atoms with Crippen LogP contribution in [0, 0.1) is 10.1 Å². The lowest BCUT2D eigenvalue weighted by Gasteiger charge is -2.09. The average Bonchev–Trinajstić information content (AvgIpc) is 2.94. The molecule has 2 N–H and O–H groups in total. The van der Waals surface area contributed by atoms with Crippen molar-refractivity contribution in [2.75, 3.05) is 5.32 Å². The molecule has 0 spiro atoms. The van der Waals surface area contributed by atoms with E-state index in [9.17, 15) is 15.2 Å². The van der Waals surface area contributed by atoms with Gasteiger partial charge in [0.2, 0.25) is 0 Å². The van der Waals surface area contributed by atoms with Gasteiger partial charge in [-0.25, -0.2) is 0 Å². The largest absolute Gasteiger partial charge is 0.392 e.